The highest BCUT2D eigenvalue weighted by molar-refractivity contribution is 7.89. The average molecular weight is 494 g/mol. The van der Waals surface area contributed by atoms with E-state index in [0.717, 1.165) is 11.1 Å². The SMILES string of the molecule is CCN(CC)S(=O)(=O)c1cc(NC(=O)Cn2c(-c3ccc(C)cc3)n[nH]c2=S)ccc1Cl. The molecule has 0 unspecified atom stereocenters. The summed E-state index contributed by atoms with van der Waals surface area (Å²) in [4.78, 5) is 12.7. The Morgan fingerprint density at radius 3 is 2.47 bits per heavy atom. The molecule has 1 amide bonds. The van der Waals surface area contributed by atoms with Gasteiger partial charge in [0.1, 0.15) is 11.4 Å². The number of halogens is 1. The third-order valence-electron chi connectivity index (χ3n) is 4.91. The van der Waals surface area contributed by atoms with Gasteiger partial charge in [-0.3, -0.25) is 14.5 Å². The second-order valence-electron chi connectivity index (χ2n) is 7.09. The highest BCUT2D eigenvalue weighted by Crippen LogP contribution is 2.28. The summed E-state index contributed by atoms with van der Waals surface area (Å²) in [6.07, 6.45) is 0. The Morgan fingerprint density at radius 2 is 1.84 bits per heavy atom. The van der Waals surface area contributed by atoms with Gasteiger partial charge in [0.25, 0.3) is 0 Å². The molecule has 0 aliphatic carbocycles. The normalized spacial score (nSPS) is 11.7. The molecule has 11 heteroatoms. The largest absolute Gasteiger partial charge is 0.324 e. The molecule has 3 aromatic rings. The monoisotopic (exact) mass is 493 g/mol. The number of anilines is 1. The molecular weight excluding hydrogens is 470 g/mol. The van der Waals surface area contributed by atoms with Gasteiger partial charge in [-0.05, 0) is 37.3 Å². The number of rotatable bonds is 8. The van der Waals surface area contributed by atoms with Crippen molar-refractivity contribution in [2.75, 3.05) is 18.4 Å². The van der Waals surface area contributed by atoms with E-state index in [1.807, 2.05) is 31.2 Å². The first-order valence-corrected chi connectivity index (χ1v) is 12.2. The van der Waals surface area contributed by atoms with Crippen molar-refractivity contribution in [2.45, 2.75) is 32.2 Å². The van der Waals surface area contributed by atoms with Crippen molar-refractivity contribution in [1.29, 1.82) is 0 Å². The zero-order valence-electron chi connectivity index (χ0n) is 17.9. The number of sulfonamides is 1. The molecule has 0 atom stereocenters. The van der Waals surface area contributed by atoms with Gasteiger partial charge in [0.15, 0.2) is 10.6 Å². The van der Waals surface area contributed by atoms with E-state index in [2.05, 4.69) is 15.5 Å². The predicted octanol–water partition coefficient (Wildman–Crippen LogP) is 4.24. The molecule has 1 heterocycles. The Labute approximate surface area is 197 Å². The highest BCUT2D eigenvalue weighted by Gasteiger charge is 2.25. The lowest BCUT2D eigenvalue weighted by Crippen LogP contribution is -2.31. The second kappa shape index (κ2) is 9.95. The number of aromatic amines is 1. The molecule has 0 fully saturated rings. The lowest BCUT2D eigenvalue weighted by Gasteiger charge is -2.19. The van der Waals surface area contributed by atoms with E-state index in [4.69, 9.17) is 23.8 Å². The first kappa shape index (κ1) is 24.1. The first-order valence-electron chi connectivity index (χ1n) is 9.99. The molecule has 3 rings (SSSR count). The number of nitrogens with zero attached hydrogens (tertiary/aromatic N) is 3. The van der Waals surface area contributed by atoms with Crippen molar-refractivity contribution in [2.24, 2.45) is 0 Å². The summed E-state index contributed by atoms with van der Waals surface area (Å²) in [5.74, 6) is 0.149. The van der Waals surface area contributed by atoms with E-state index in [0.29, 0.717) is 29.4 Å². The van der Waals surface area contributed by atoms with Crippen LogP contribution in [0.2, 0.25) is 5.02 Å². The molecule has 170 valence electrons. The summed E-state index contributed by atoms with van der Waals surface area (Å²) >= 11 is 11.4. The summed E-state index contributed by atoms with van der Waals surface area (Å²) in [5.41, 5.74) is 2.23. The number of nitrogens with one attached hydrogen (secondary N) is 2. The van der Waals surface area contributed by atoms with Gasteiger partial charge < -0.3 is 5.32 Å². The third kappa shape index (κ3) is 5.09. The minimum Gasteiger partial charge on any atom is -0.324 e. The molecule has 32 heavy (non-hydrogen) atoms. The van der Waals surface area contributed by atoms with Crippen LogP contribution in [0.1, 0.15) is 19.4 Å². The number of hydrogen-bond donors (Lipinski definition) is 2. The highest BCUT2D eigenvalue weighted by atomic mass is 35.5. The summed E-state index contributed by atoms with van der Waals surface area (Å²) in [5, 5.41) is 9.76. The van der Waals surface area contributed by atoms with Crippen molar-refractivity contribution >= 4 is 45.4 Å². The maximum Gasteiger partial charge on any atom is 0.244 e. The van der Waals surface area contributed by atoms with E-state index in [-0.39, 0.29) is 22.4 Å². The van der Waals surface area contributed by atoms with Crippen LogP contribution in [0.3, 0.4) is 0 Å². The Bertz CT molecular complexity index is 1280. The van der Waals surface area contributed by atoms with Crippen LogP contribution in [0.25, 0.3) is 11.4 Å². The van der Waals surface area contributed by atoms with Gasteiger partial charge in [-0.15, -0.1) is 0 Å². The zero-order chi connectivity index (χ0) is 23.5. The van der Waals surface area contributed by atoms with Gasteiger partial charge in [-0.1, -0.05) is 55.3 Å². The fourth-order valence-corrected chi connectivity index (χ4v) is 5.37. The number of amides is 1. The number of benzene rings is 2. The molecule has 0 aliphatic rings. The summed E-state index contributed by atoms with van der Waals surface area (Å²) in [7, 11) is -3.78. The maximum absolute atomic E-state index is 12.9. The third-order valence-corrected chi connectivity index (χ3v) is 7.75. The van der Waals surface area contributed by atoms with Gasteiger partial charge in [0.05, 0.1) is 5.02 Å². The van der Waals surface area contributed by atoms with Crippen LogP contribution < -0.4 is 5.32 Å². The van der Waals surface area contributed by atoms with Crippen LogP contribution in [0.4, 0.5) is 5.69 Å². The molecule has 0 spiro atoms. The van der Waals surface area contributed by atoms with Gasteiger partial charge in [0.2, 0.25) is 15.9 Å². The average Bonchev–Trinajstić information content (AvgIpc) is 3.10. The Morgan fingerprint density at radius 1 is 1.19 bits per heavy atom. The van der Waals surface area contributed by atoms with E-state index in [9.17, 15) is 13.2 Å². The zero-order valence-corrected chi connectivity index (χ0v) is 20.3. The molecule has 8 nitrogen and oxygen atoms in total. The Balaban J connectivity index is 1.85. The number of carbonyl (C=O) groups is 1. The van der Waals surface area contributed by atoms with Crippen LogP contribution in [0, 0.1) is 11.7 Å². The molecule has 0 saturated carbocycles. The first-order chi connectivity index (χ1) is 15.2. The van der Waals surface area contributed by atoms with Gasteiger partial charge in [0, 0.05) is 24.3 Å². The topological polar surface area (TPSA) is 100 Å². The van der Waals surface area contributed by atoms with Crippen LogP contribution >= 0.6 is 23.8 Å². The number of aromatic nitrogens is 3. The molecule has 0 radical (unpaired) electrons. The van der Waals surface area contributed by atoms with E-state index in [1.54, 1.807) is 24.5 Å². The minimum absolute atomic E-state index is 0.0547. The minimum atomic E-state index is -3.78. The fourth-order valence-electron chi connectivity index (χ4n) is 3.21. The molecule has 2 N–H and O–H groups in total. The van der Waals surface area contributed by atoms with Crippen LogP contribution in [-0.4, -0.2) is 46.5 Å². The van der Waals surface area contributed by atoms with Crippen LogP contribution in [0.15, 0.2) is 47.4 Å². The van der Waals surface area contributed by atoms with Crippen LogP contribution in [0.5, 0.6) is 0 Å². The molecule has 0 bridgehead atoms. The lowest BCUT2D eigenvalue weighted by molar-refractivity contribution is -0.116. The molecule has 0 aliphatic heterocycles. The van der Waals surface area contributed by atoms with Gasteiger partial charge in [-0.2, -0.15) is 9.40 Å². The van der Waals surface area contributed by atoms with Gasteiger partial charge >= 0.3 is 0 Å². The van der Waals surface area contributed by atoms with Crippen molar-refractivity contribution in [3.05, 3.63) is 57.8 Å². The van der Waals surface area contributed by atoms with E-state index in [1.165, 1.54) is 16.4 Å². The van der Waals surface area contributed by atoms with Gasteiger partial charge in [-0.25, -0.2) is 8.42 Å². The second-order valence-corrected chi connectivity index (χ2v) is 9.79. The summed E-state index contributed by atoms with van der Waals surface area (Å²) in [6, 6.07) is 12.1. The number of carbonyl (C=O) groups excluding carboxylic acids is 1. The number of aryl methyl sites for hydroxylation is 1. The lowest BCUT2D eigenvalue weighted by atomic mass is 10.1. The Hall–Kier alpha value is -2.53. The van der Waals surface area contributed by atoms with Crippen molar-refractivity contribution < 1.29 is 13.2 Å². The molecule has 2 aromatic carbocycles. The molecular formula is C21H24ClN5O3S2. The fraction of sp³-hybridized carbons (Fsp3) is 0.286. The van der Waals surface area contributed by atoms with Crippen LogP contribution in [-0.2, 0) is 21.4 Å². The predicted molar refractivity (Wildman–Crippen MR) is 128 cm³/mol. The van der Waals surface area contributed by atoms with Crippen molar-refractivity contribution in [3.8, 4) is 11.4 Å². The van der Waals surface area contributed by atoms with Crippen molar-refractivity contribution in [3.63, 3.8) is 0 Å². The smallest absolute Gasteiger partial charge is 0.244 e. The maximum atomic E-state index is 12.9. The summed E-state index contributed by atoms with van der Waals surface area (Å²) < 4.78 is 28.9. The number of hydrogen-bond acceptors (Lipinski definition) is 5. The van der Waals surface area contributed by atoms with E-state index >= 15 is 0 Å². The Kier molecular flexibility index (Phi) is 7.50. The summed E-state index contributed by atoms with van der Waals surface area (Å²) in [6.45, 7) is 6.01. The molecule has 1 aromatic heterocycles. The number of H-pyrrole nitrogens is 1. The van der Waals surface area contributed by atoms with E-state index < -0.39 is 10.0 Å². The standard InChI is InChI=1S/C21H24ClN5O3S2/c1-4-26(5-2)32(29,30)18-12-16(10-11-17(18)22)23-19(28)13-27-20(24-25-21(27)31)15-8-6-14(3)7-9-15/h6-12H,4-5,13H2,1-3H3,(H,23,28)(H,25,31). The quantitative estimate of drug-likeness (QED) is 0.457. The molecule has 0 saturated heterocycles. The van der Waals surface area contributed by atoms with Crippen molar-refractivity contribution in [1.82, 2.24) is 19.1 Å².